The van der Waals surface area contributed by atoms with Crippen LogP contribution in [0.25, 0.3) is 0 Å². The Bertz CT molecular complexity index is 916. The van der Waals surface area contributed by atoms with Crippen LogP contribution in [-0.4, -0.2) is 37.8 Å². The molecule has 0 spiro atoms. The summed E-state index contributed by atoms with van der Waals surface area (Å²) >= 11 is 0. The van der Waals surface area contributed by atoms with Gasteiger partial charge in [0.1, 0.15) is 17.4 Å². The van der Waals surface area contributed by atoms with Crippen molar-refractivity contribution in [2.45, 2.75) is 51.7 Å². The molecule has 0 aromatic heterocycles. The second-order valence-electron chi connectivity index (χ2n) is 8.65. The van der Waals surface area contributed by atoms with Crippen molar-refractivity contribution in [3.8, 4) is 5.75 Å². The fraction of sp³-hybridized carbons (Fsp3) is 0.385. The molecule has 0 unspecified atom stereocenters. The van der Waals surface area contributed by atoms with Gasteiger partial charge in [0.25, 0.3) is 0 Å². The van der Waals surface area contributed by atoms with Gasteiger partial charge >= 0.3 is 6.09 Å². The van der Waals surface area contributed by atoms with Crippen LogP contribution in [0.5, 0.6) is 5.75 Å². The van der Waals surface area contributed by atoms with Crippen LogP contribution in [0.3, 0.4) is 0 Å². The zero-order valence-corrected chi connectivity index (χ0v) is 19.7. The molecule has 6 heteroatoms. The molecule has 0 radical (unpaired) electrons. The number of rotatable bonds is 9. The highest BCUT2D eigenvalue weighted by atomic mass is 16.6. The number of benzene rings is 2. The highest BCUT2D eigenvalue weighted by Crippen LogP contribution is 2.20. The maximum absolute atomic E-state index is 13.4. The molecule has 0 saturated heterocycles. The average Bonchev–Trinajstić information content (AvgIpc) is 2.75. The molecule has 172 valence electrons. The van der Waals surface area contributed by atoms with Gasteiger partial charge < -0.3 is 19.7 Å². The quantitative estimate of drug-likeness (QED) is 0.565. The van der Waals surface area contributed by atoms with Crippen LogP contribution in [0, 0.1) is 0 Å². The predicted octanol–water partition coefficient (Wildman–Crippen LogP) is 4.91. The molecular weight excluding hydrogens is 404 g/mol. The van der Waals surface area contributed by atoms with Gasteiger partial charge in [0.15, 0.2) is 0 Å². The Morgan fingerprint density at radius 3 is 2.38 bits per heavy atom. The molecule has 0 heterocycles. The van der Waals surface area contributed by atoms with Crippen molar-refractivity contribution in [1.82, 2.24) is 5.32 Å². The summed E-state index contributed by atoms with van der Waals surface area (Å²) in [7, 11) is 3.28. The van der Waals surface area contributed by atoms with Gasteiger partial charge in [-0.1, -0.05) is 30.3 Å². The molecule has 0 aliphatic rings. The molecule has 0 aliphatic carbocycles. The van der Waals surface area contributed by atoms with Crippen molar-refractivity contribution >= 4 is 17.7 Å². The molecule has 1 atom stereocenters. The van der Waals surface area contributed by atoms with Gasteiger partial charge in [-0.2, -0.15) is 0 Å². The number of allylic oxidation sites excluding steroid dienone is 1. The normalized spacial score (nSPS) is 11.9. The Morgan fingerprint density at radius 2 is 1.78 bits per heavy atom. The molecule has 2 amide bonds. The SMILES string of the molecule is C=CCCc1cccc(C[C@H](NC(=O)OC(C)(C)C)C(=O)N(C)c2ccc(OC)cc2)c1. The molecule has 2 rings (SSSR count). The van der Waals surface area contributed by atoms with E-state index in [9.17, 15) is 9.59 Å². The van der Waals surface area contributed by atoms with Crippen molar-refractivity contribution in [2.75, 3.05) is 19.1 Å². The minimum atomic E-state index is -0.786. The van der Waals surface area contributed by atoms with Crippen LogP contribution in [0.1, 0.15) is 38.3 Å². The van der Waals surface area contributed by atoms with Gasteiger partial charge in [0.05, 0.1) is 7.11 Å². The second-order valence-corrected chi connectivity index (χ2v) is 8.65. The Balaban J connectivity index is 2.25. The number of carbonyl (C=O) groups excluding carboxylic acids is 2. The highest BCUT2D eigenvalue weighted by Gasteiger charge is 2.27. The Morgan fingerprint density at radius 1 is 1.12 bits per heavy atom. The lowest BCUT2D eigenvalue weighted by Crippen LogP contribution is -2.50. The largest absolute Gasteiger partial charge is 0.497 e. The lowest BCUT2D eigenvalue weighted by atomic mass is 10.0. The van der Waals surface area contributed by atoms with E-state index in [2.05, 4.69) is 24.0 Å². The van der Waals surface area contributed by atoms with Gasteiger partial charge in [0, 0.05) is 19.2 Å². The van der Waals surface area contributed by atoms with E-state index in [0.717, 1.165) is 24.0 Å². The van der Waals surface area contributed by atoms with Crippen LogP contribution in [0.2, 0.25) is 0 Å². The lowest BCUT2D eigenvalue weighted by Gasteiger charge is -2.27. The summed E-state index contributed by atoms with van der Waals surface area (Å²) in [6.45, 7) is 9.13. The Hall–Kier alpha value is -3.28. The van der Waals surface area contributed by atoms with Crippen molar-refractivity contribution in [3.63, 3.8) is 0 Å². The third-order valence-corrected chi connectivity index (χ3v) is 4.85. The fourth-order valence-corrected chi connectivity index (χ4v) is 3.23. The summed E-state index contributed by atoms with van der Waals surface area (Å²) in [5.41, 5.74) is 2.16. The fourth-order valence-electron chi connectivity index (χ4n) is 3.23. The van der Waals surface area contributed by atoms with E-state index in [1.54, 1.807) is 59.2 Å². The van der Waals surface area contributed by atoms with Crippen molar-refractivity contribution in [2.24, 2.45) is 0 Å². The summed E-state index contributed by atoms with van der Waals surface area (Å²) in [5, 5.41) is 2.76. The number of ether oxygens (including phenoxy) is 2. The third-order valence-electron chi connectivity index (χ3n) is 4.85. The van der Waals surface area contributed by atoms with E-state index in [1.807, 2.05) is 18.2 Å². The minimum absolute atomic E-state index is 0.238. The number of carbonyl (C=O) groups is 2. The molecule has 2 aromatic carbocycles. The maximum atomic E-state index is 13.4. The number of nitrogens with zero attached hydrogens (tertiary/aromatic N) is 1. The number of hydrogen-bond donors (Lipinski definition) is 1. The molecule has 0 saturated carbocycles. The van der Waals surface area contributed by atoms with E-state index in [0.29, 0.717) is 17.9 Å². The van der Waals surface area contributed by atoms with Crippen LogP contribution in [-0.2, 0) is 22.4 Å². The second kappa shape index (κ2) is 11.4. The van der Waals surface area contributed by atoms with E-state index in [-0.39, 0.29) is 5.91 Å². The van der Waals surface area contributed by atoms with E-state index in [1.165, 1.54) is 4.90 Å². The van der Waals surface area contributed by atoms with Crippen LogP contribution in [0.4, 0.5) is 10.5 Å². The summed E-state index contributed by atoms with van der Waals surface area (Å²) in [6, 6.07) is 14.4. The average molecular weight is 439 g/mol. The molecule has 32 heavy (non-hydrogen) atoms. The van der Waals surface area contributed by atoms with Gasteiger partial charge in [-0.25, -0.2) is 4.79 Å². The molecule has 2 aromatic rings. The molecule has 0 bridgehead atoms. The van der Waals surface area contributed by atoms with E-state index in [4.69, 9.17) is 9.47 Å². The standard InChI is InChI=1S/C26H34N2O4/c1-7-8-10-19-11-9-12-20(17-19)18-23(27-25(30)32-26(2,3)4)24(29)28(5)21-13-15-22(31-6)16-14-21/h7,9,11-17,23H,1,8,10,18H2,2-6H3,(H,27,30)/t23-/m0/s1. The predicted molar refractivity (Wildman–Crippen MR) is 128 cm³/mol. The molecule has 0 fully saturated rings. The van der Waals surface area contributed by atoms with Gasteiger partial charge in [-0.15, -0.1) is 6.58 Å². The third kappa shape index (κ3) is 7.76. The zero-order valence-electron chi connectivity index (χ0n) is 19.7. The van der Waals surface area contributed by atoms with Crippen LogP contribution in [0.15, 0.2) is 61.2 Å². The first-order valence-corrected chi connectivity index (χ1v) is 10.7. The first kappa shape index (κ1) is 25.0. The molecular formula is C26H34N2O4. The van der Waals surface area contributed by atoms with Crippen molar-refractivity contribution < 1.29 is 19.1 Å². The number of anilines is 1. The van der Waals surface area contributed by atoms with Crippen LogP contribution >= 0.6 is 0 Å². The van der Waals surface area contributed by atoms with Crippen molar-refractivity contribution in [1.29, 1.82) is 0 Å². The molecule has 6 nitrogen and oxygen atoms in total. The summed E-state index contributed by atoms with van der Waals surface area (Å²) in [4.78, 5) is 27.4. The number of methoxy groups -OCH3 is 1. The Labute approximate surface area is 191 Å². The Kier molecular flexibility index (Phi) is 8.88. The smallest absolute Gasteiger partial charge is 0.408 e. The first-order valence-electron chi connectivity index (χ1n) is 10.7. The molecule has 0 aliphatic heterocycles. The summed E-state index contributed by atoms with van der Waals surface area (Å²) in [5.74, 6) is 0.465. The minimum Gasteiger partial charge on any atom is -0.497 e. The van der Waals surface area contributed by atoms with Gasteiger partial charge in [-0.3, -0.25) is 4.79 Å². The monoisotopic (exact) mass is 438 g/mol. The lowest BCUT2D eigenvalue weighted by molar-refractivity contribution is -0.120. The summed E-state index contributed by atoms with van der Waals surface area (Å²) < 4.78 is 10.6. The van der Waals surface area contributed by atoms with Crippen molar-refractivity contribution in [3.05, 3.63) is 72.3 Å². The van der Waals surface area contributed by atoms with Gasteiger partial charge in [-0.05, 0) is 69.0 Å². The highest BCUT2D eigenvalue weighted by molar-refractivity contribution is 5.98. The van der Waals surface area contributed by atoms with E-state index >= 15 is 0 Å². The maximum Gasteiger partial charge on any atom is 0.408 e. The number of alkyl carbamates (subject to hydrolysis) is 1. The number of amides is 2. The number of likely N-dealkylation sites (N-methyl/N-ethyl adjacent to an activating group) is 1. The summed E-state index contributed by atoms with van der Waals surface area (Å²) in [6.07, 6.45) is 3.36. The zero-order chi connectivity index (χ0) is 23.7. The topological polar surface area (TPSA) is 67.9 Å². The van der Waals surface area contributed by atoms with E-state index < -0.39 is 17.7 Å². The number of hydrogen-bond acceptors (Lipinski definition) is 4. The first-order chi connectivity index (χ1) is 15.1. The van der Waals surface area contributed by atoms with Crippen LogP contribution < -0.4 is 15.0 Å². The molecule has 1 N–H and O–H groups in total. The van der Waals surface area contributed by atoms with Gasteiger partial charge in [0.2, 0.25) is 5.91 Å². The number of aryl methyl sites for hydroxylation is 1. The number of nitrogens with one attached hydrogen (secondary N) is 1.